The quantitative estimate of drug-likeness (QED) is 0.521. The second-order valence-corrected chi connectivity index (χ2v) is 7.32. The van der Waals surface area contributed by atoms with E-state index in [9.17, 15) is 19.2 Å². The van der Waals surface area contributed by atoms with Crippen molar-refractivity contribution in [1.29, 1.82) is 0 Å². The Morgan fingerprint density at radius 1 is 1.10 bits per heavy atom. The molecule has 1 saturated carbocycles. The maximum atomic E-state index is 12.4. The fraction of sp³-hybridized carbons (Fsp3) is 0.524. The number of nitrogens with zero attached hydrogens (tertiary/aromatic N) is 1. The van der Waals surface area contributed by atoms with E-state index < -0.39 is 18.5 Å². The molecule has 8 nitrogen and oxygen atoms in total. The highest BCUT2D eigenvalue weighted by Crippen LogP contribution is 2.37. The molecule has 3 rings (SSSR count). The van der Waals surface area contributed by atoms with E-state index in [1.54, 1.807) is 13.2 Å². The van der Waals surface area contributed by atoms with Crippen molar-refractivity contribution < 1.29 is 28.7 Å². The molecule has 2 atom stereocenters. The minimum absolute atomic E-state index is 0.00628. The number of nitrogens with one attached hydrogen (secondary N) is 1. The van der Waals surface area contributed by atoms with Gasteiger partial charge < -0.3 is 14.8 Å². The van der Waals surface area contributed by atoms with E-state index in [0.717, 1.165) is 31.2 Å². The Labute approximate surface area is 169 Å². The number of carbonyl (C=O) groups excluding carboxylic acids is 4. The molecule has 1 aromatic carbocycles. The molecule has 0 radical (unpaired) electrons. The molecule has 1 aliphatic carbocycles. The van der Waals surface area contributed by atoms with Crippen LogP contribution in [0.15, 0.2) is 24.3 Å². The number of rotatable bonds is 8. The molecule has 1 heterocycles. The molecule has 29 heavy (non-hydrogen) atoms. The number of ether oxygens (including phenoxy) is 2. The van der Waals surface area contributed by atoms with Crippen molar-refractivity contribution in [1.82, 2.24) is 10.2 Å². The number of imide groups is 1. The van der Waals surface area contributed by atoms with E-state index in [0.29, 0.717) is 5.75 Å². The summed E-state index contributed by atoms with van der Waals surface area (Å²) >= 11 is 0. The minimum atomic E-state index is -0.618. The van der Waals surface area contributed by atoms with Crippen molar-refractivity contribution in [2.45, 2.75) is 38.6 Å². The third kappa shape index (κ3) is 4.93. The molecule has 0 aromatic heterocycles. The maximum absolute atomic E-state index is 12.4. The average molecular weight is 402 g/mol. The number of likely N-dealkylation sites (tertiary alicyclic amines) is 1. The zero-order valence-electron chi connectivity index (χ0n) is 16.5. The number of hydrogen-bond acceptors (Lipinski definition) is 6. The third-order valence-corrected chi connectivity index (χ3v) is 5.50. The van der Waals surface area contributed by atoms with Crippen LogP contribution in [0.3, 0.4) is 0 Å². The SMILES string of the molecule is COc1ccccc1CNC(=O)COC(=O)CCN1C(=O)[C@H]2CCCC[C@H]2C1=O. The largest absolute Gasteiger partial charge is 0.496 e. The summed E-state index contributed by atoms with van der Waals surface area (Å²) in [5, 5.41) is 2.66. The molecule has 2 aliphatic rings. The van der Waals surface area contributed by atoms with Crippen molar-refractivity contribution >= 4 is 23.7 Å². The molecule has 0 spiro atoms. The van der Waals surface area contributed by atoms with E-state index >= 15 is 0 Å². The molecule has 0 bridgehead atoms. The first kappa shape index (κ1) is 20.8. The predicted molar refractivity (Wildman–Crippen MR) is 103 cm³/mol. The highest BCUT2D eigenvalue weighted by atomic mass is 16.5. The van der Waals surface area contributed by atoms with Gasteiger partial charge in [0.05, 0.1) is 25.4 Å². The number of amides is 3. The van der Waals surface area contributed by atoms with Crippen LogP contribution in [0.5, 0.6) is 5.75 Å². The van der Waals surface area contributed by atoms with Crippen LogP contribution in [0.4, 0.5) is 0 Å². The minimum Gasteiger partial charge on any atom is -0.496 e. The molecule has 0 unspecified atom stereocenters. The molecule has 1 N–H and O–H groups in total. The van der Waals surface area contributed by atoms with Crippen LogP contribution in [0.2, 0.25) is 0 Å². The van der Waals surface area contributed by atoms with Crippen molar-refractivity contribution in [3.8, 4) is 5.75 Å². The van der Waals surface area contributed by atoms with E-state index in [1.807, 2.05) is 18.2 Å². The molecular weight excluding hydrogens is 376 g/mol. The molecule has 1 aliphatic heterocycles. The molecule has 1 aromatic rings. The summed E-state index contributed by atoms with van der Waals surface area (Å²) in [4.78, 5) is 49.8. The van der Waals surface area contributed by atoms with Gasteiger partial charge in [-0.1, -0.05) is 31.0 Å². The number of hydrogen-bond donors (Lipinski definition) is 1. The first-order valence-electron chi connectivity index (χ1n) is 9.90. The summed E-state index contributed by atoms with van der Waals surface area (Å²) in [5.74, 6) is -1.22. The summed E-state index contributed by atoms with van der Waals surface area (Å²) in [6, 6.07) is 7.28. The Bertz CT molecular complexity index is 769. The molecular formula is C21H26N2O6. The lowest BCUT2D eigenvalue weighted by Gasteiger charge is -2.19. The smallest absolute Gasteiger partial charge is 0.308 e. The lowest BCUT2D eigenvalue weighted by atomic mass is 9.81. The van der Waals surface area contributed by atoms with Gasteiger partial charge in [-0.2, -0.15) is 0 Å². The van der Waals surface area contributed by atoms with Gasteiger partial charge in [0.15, 0.2) is 6.61 Å². The second kappa shape index (κ2) is 9.54. The number of para-hydroxylation sites is 1. The maximum Gasteiger partial charge on any atom is 0.308 e. The monoisotopic (exact) mass is 402 g/mol. The Morgan fingerprint density at radius 3 is 2.41 bits per heavy atom. The summed E-state index contributed by atoms with van der Waals surface area (Å²) in [5.41, 5.74) is 0.808. The lowest BCUT2D eigenvalue weighted by molar-refractivity contribution is -0.150. The Morgan fingerprint density at radius 2 is 1.76 bits per heavy atom. The zero-order chi connectivity index (χ0) is 20.8. The van der Waals surface area contributed by atoms with E-state index in [-0.39, 0.29) is 43.2 Å². The van der Waals surface area contributed by atoms with Gasteiger partial charge in [0.2, 0.25) is 11.8 Å². The molecule has 8 heteroatoms. The van der Waals surface area contributed by atoms with Gasteiger partial charge in [-0.15, -0.1) is 0 Å². The van der Waals surface area contributed by atoms with Crippen LogP contribution < -0.4 is 10.1 Å². The molecule has 156 valence electrons. The lowest BCUT2D eigenvalue weighted by Crippen LogP contribution is -2.34. The summed E-state index contributed by atoms with van der Waals surface area (Å²) in [6.07, 6.45) is 3.28. The fourth-order valence-electron chi connectivity index (χ4n) is 3.97. The Balaban J connectivity index is 1.39. The number of esters is 1. The molecule has 1 saturated heterocycles. The highest BCUT2D eigenvalue weighted by Gasteiger charge is 2.47. The number of methoxy groups -OCH3 is 1. The van der Waals surface area contributed by atoms with Gasteiger partial charge in [0, 0.05) is 18.7 Å². The van der Waals surface area contributed by atoms with Crippen molar-refractivity contribution in [3.63, 3.8) is 0 Å². The summed E-state index contributed by atoms with van der Waals surface area (Å²) < 4.78 is 10.2. The number of benzene rings is 1. The molecule has 2 fully saturated rings. The Hall–Kier alpha value is -2.90. The van der Waals surface area contributed by atoms with E-state index in [2.05, 4.69) is 5.32 Å². The fourth-order valence-corrected chi connectivity index (χ4v) is 3.97. The van der Waals surface area contributed by atoms with Gasteiger partial charge in [-0.05, 0) is 18.9 Å². The number of fused-ring (bicyclic) bond motifs is 1. The number of carbonyl (C=O) groups is 4. The van der Waals surface area contributed by atoms with Gasteiger partial charge >= 0.3 is 5.97 Å². The van der Waals surface area contributed by atoms with Gasteiger partial charge in [-0.25, -0.2) is 0 Å². The van der Waals surface area contributed by atoms with Gasteiger partial charge in [-0.3, -0.25) is 24.1 Å². The first-order chi connectivity index (χ1) is 14.0. The Kier molecular flexibility index (Phi) is 6.85. The topological polar surface area (TPSA) is 102 Å². The van der Waals surface area contributed by atoms with Gasteiger partial charge in [0.25, 0.3) is 5.91 Å². The third-order valence-electron chi connectivity index (χ3n) is 5.50. The summed E-state index contributed by atoms with van der Waals surface area (Å²) in [6.45, 7) is -0.159. The predicted octanol–water partition coefficient (Wildman–Crippen LogP) is 1.42. The van der Waals surface area contributed by atoms with Crippen LogP contribution in [-0.2, 0) is 30.5 Å². The summed E-state index contributed by atoms with van der Waals surface area (Å²) in [7, 11) is 1.55. The zero-order valence-corrected chi connectivity index (χ0v) is 16.5. The van der Waals surface area contributed by atoms with Crippen LogP contribution in [0.1, 0.15) is 37.7 Å². The second-order valence-electron chi connectivity index (χ2n) is 7.32. The van der Waals surface area contributed by atoms with E-state index in [4.69, 9.17) is 9.47 Å². The van der Waals surface area contributed by atoms with Crippen molar-refractivity contribution in [2.24, 2.45) is 11.8 Å². The van der Waals surface area contributed by atoms with Gasteiger partial charge in [0.1, 0.15) is 5.75 Å². The normalized spacial score (nSPS) is 20.9. The van der Waals surface area contributed by atoms with E-state index in [1.165, 1.54) is 4.90 Å². The average Bonchev–Trinajstić information content (AvgIpc) is 2.99. The first-order valence-corrected chi connectivity index (χ1v) is 9.90. The van der Waals surface area contributed by atoms with Crippen LogP contribution >= 0.6 is 0 Å². The highest BCUT2D eigenvalue weighted by molar-refractivity contribution is 6.05. The van der Waals surface area contributed by atoms with Crippen LogP contribution in [-0.4, -0.2) is 48.9 Å². The van der Waals surface area contributed by atoms with Crippen LogP contribution in [0.25, 0.3) is 0 Å². The van der Waals surface area contributed by atoms with Crippen molar-refractivity contribution in [2.75, 3.05) is 20.3 Å². The van der Waals surface area contributed by atoms with Crippen molar-refractivity contribution in [3.05, 3.63) is 29.8 Å². The standard InChI is InChI=1S/C21H26N2O6/c1-28-17-9-5-2-6-14(17)12-22-18(24)13-29-19(25)10-11-23-20(26)15-7-3-4-8-16(15)21(23)27/h2,5-6,9,15-16H,3-4,7-8,10-13H2,1H3,(H,22,24)/t15-,16+. The van der Waals surface area contributed by atoms with Crippen LogP contribution in [0, 0.1) is 11.8 Å². The molecule has 3 amide bonds.